The van der Waals surface area contributed by atoms with E-state index in [1.807, 2.05) is 0 Å². The van der Waals surface area contributed by atoms with Crippen LogP contribution in [0.25, 0.3) is 5.70 Å². The molecule has 1 aliphatic rings. The Kier molecular flexibility index (Phi) is 5.21. The zero-order chi connectivity index (χ0) is 20.6. The first-order valence-electron chi connectivity index (χ1n) is 8.39. The molecule has 2 radical (unpaired) electrons. The van der Waals surface area contributed by atoms with E-state index in [2.05, 4.69) is 22.2 Å². The summed E-state index contributed by atoms with van der Waals surface area (Å²) in [6.45, 7) is 4.01. The van der Waals surface area contributed by atoms with Crippen LogP contribution in [0.15, 0.2) is 48.2 Å². The van der Waals surface area contributed by atoms with Gasteiger partial charge in [0, 0.05) is 52.6 Å². The van der Waals surface area contributed by atoms with E-state index >= 15 is 0 Å². The number of benzene rings is 2. The summed E-state index contributed by atoms with van der Waals surface area (Å²) in [5, 5.41) is 6.45. The number of nitrogen functional groups attached to an aromatic ring is 1. The third-order valence-corrected chi connectivity index (χ3v) is 5.10. The molecule has 0 aromatic heterocycles. The van der Waals surface area contributed by atoms with Crippen LogP contribution in [0.3, 0.4) is 0 Å². The van der Waals surface area contributed by atoms with Gasteiger partial charge in [-0.3, -0.25) is 4.99 Å². The molecule has 1 aliphatic heterocycles. The molecule has 0 aliphatic carbocycles. The van der Waals surface area contributed by atoms with Gasteiger partial charge in [-0.2, -0.15) is 0 Å². The molecule has 0 bridgehead atoms. The van der Waals surface area contributed by atoms with E-state index in [-0.39, 0.29) is 5.02 Å². The number of aliphatic imine (C=N–C) groups is 1. The Balaban J connectivity index is 2.36. The van der Waals surface area contributed by atoms with Gasteiger partial charge in [-0.1, -0.05) is 18.2 Å². The maximum atomic E-state index is 13.9. The SMILES string of the molecule is [B]C1(c2cc(F)ccc2Cl)NC(=C)c2c(N)c(C(/C=C/F)=NC)cc(NC)c21. The van der Waals surface area contributed by atoms with Crippen molar-refractivity contribution in [2.45, 2.75) is 5.44 Å². The summed E-state index contributed by atoms with van der Waals surface area (Å²) in [5.74, 6) is -0.478. The van der Waals surface area contributed by atoms with Crippen molar-refractivity contribution in [1.29, 1.82) is 0 Å². The molecule has 0 amide bonds. The van der Waals surface area contributed by atoms with Crippen molar-refractivity contribution in [3.63, 3.8) is 0 Å². The van der Waals surface area contributed by atoms with Crippen LogP contribution in [-0.2, 0) is 5.44 Å². The highest BCUT2D eigenvalue weighted by Gasteiger charge is 2.42. The Labute approximate surface area is 168 Å². The van der Waals surface area contributed by atoms with E-state index < -0.39 is 11.3 Å². The van der Waals surface area contributed by atoms with Gasteiger partial charge >= 0.3 is 0 Å². The summed E-state index contributed by atoms with van der Waals surface area (Å²) in [4.78, 5) is 4.09. The Morgan fingerprint density at radius 1 is 1.43 bits per heavy atom. The molecule has 0 spiro atoms. The summed E-state index contributed by atoms with van der Waals surface area (Å²) in [6.07, 6.45) is 1.60. The van der Waals surface area contributed by atoms with Gasteiger partial charge in [-0.25, -0.2) is 8.78 Å². The first-order valence-corrected chi connectivity index (χ1v) is 8.76. The number of allylic oxidation sites excluding steroid dienone is 1. The molecule has 142 valence electrons. The zero-order valence-electron chi connectivity index (χ0n) is 15.4. The number of anilines is 2. The molecular formula is C20H18BClF2N4. The molecule has 2 aromatic rings. The molecule has 0 fully saturated rings. The van der Waals surface area contributed by atoms with Crippen LogP contribution in [0.4, 0.5) is 20.2 Å². The Morgan fingerprint density at radius 3 is 2.75 bits per heavy atom. The van der Waals surface area contributed by atoms with E-state index in [4.69, 9.17) is 25.2 Å². The highest BCUT2D eigenvalue weighted by atomic mass is 35.5. The number of hydrogen-bond acceptors (Lipinski definition) is 4. The van der Waals surface area contributed by atoms with Crippen molar-refractivity contribution in [2.24, 2.45) is 4.99 Å². The molecule has 8 heteroatoms. The van der Waals surface area contributed by atoms with Gasteiger partial charge in [-0.05, 0) is 35.9 Å². The number of hydrogen-bond donors (Lipinski definition) is 3. The summed E-state index contributed by atoms with van der Waals surface area (Å²) in [6, 6.07) is 5.68. The molecule has 3 rings (SSSR count). The third kappa shape index (κ3) is 2.96. The molecular weight excluding hydrogens is 381 g/mol. The smallest absolute Gasteiger partial charge is 0.123 e. The molecule has 4 nitrogen and oxygen atoms in total. The Hall–Kier alpha value is -2.80. The average Bonchev–Trinajstić information content (AvgIpc) is 2.95. The minimum atomic E-state index is -1.37. The van der Waals surface area contributed by atoms with Crippen molar-refractivity contribution >= 4 is 42.2 Å². The van der Waals surface area contributed by atoms with Crippen molar-refractivity contribution in [2.75, 3.05) is 25.1 Å². The summed E-state index contributed by atoms with van der Waals surface area (Å²) < 4.78 is 26.7. The first kappa shape index (κ1) is 20.0. The lowest BCUT2D eigenvalue weighted by molar-refractivity contribution is 0.615. The van der Waals surface area contributed by atoms with Crippen LogP contribution in [-0.4, -0.2) is 27.7 Å². The number of nitrogens with zero attached hydrogens (tertiary/aromatic N) is 1. The monoisotopic (exact) mass is 398 g/mol. The fourth-order valence-electron chi connectivity index (χ4n) is 3.54. The Morgan fingerprint density at radius 2 is 2.14 bits per heavy atom. The standard InChI is InChI=1S/C20H18BClF2N4/c1-10-17-18(20(21,28-10)13-8-11(24)4-5-14(13)22)16(27-3)9-12(19(17)25)15(26-2)6-7-23/h4-9,27-28H,1,25H2,2-3H3/b7-6+,26-15?. The summed E-state index contributed by atoms with van der Waals surface area (Å²) in [5.41, 5.74) is 8.70. The van der Waals surface area contributed by atoms with Gasteiger partial charge in [-0.15, -0.1) is 0 Å². The normalized spacial score (nSPS) is 19.0. The fraction of sp³-hybridized carbons (Fsp3) is 0.150. The topological polar surface area (TPSA) is 62.4 Å². The quantitative estimate of drug-likeness (QED) is 0.415. The molecule has 1 unspecified atom stereocenters. The highest BCUT2D eigenvalue weighted by Crippen LogP contribution is 2.48. The average molecular weight is 399 g/mol. The van der Waals surface area contributed by atoms with Gasteiger partial charge in [0.05, 0.1) is 17.7 Å². The second-order valence-corrected chi connectivity index (χ2v) is 6.73. The molecule has 4 N–H and O–H groups in total. The van der Waals surface area contributed by atoms with Crippen LogP contribution >= 0.6 is 11.6 Å². The van der Waals surface area contributed by atoms with Gasteiger partial charge < -0.3 is 16.4 Å². The lowest BCUT2D eigenvalue weighted by Crippen LogP contribution is -2.38. The minimum Gasteiger partial charge on any atom is -0.398 e. The second-order valence-electron chi connectivity index (χ2n) is 6.32. The maximum absolute atomic E-state index is 13.9. The molecule has 1 heterocycles. The molecule has 0 saturated heterocycles. The zero-order valence-corrected chi connectivity index (χ0v) is 16.2. The van der Waals surface area contributed by atoms with Crippen molar-refractivity contribution in [1.82, 2.24) is 5.32 Å². The van der Waals surface area contributed by atoms with Crippen molar-refractivity contribution < 1.29 is 8.78 Å². The lowest BCUT2D eigenvalue weighted by Gasteiger charge is -2.31. The number of nitrogens with one attached hydrogen (secondary N) is 2. The van der Waals surface area contributed by atoms with E-state index in [1.165, 1.54) is 31.3 Å². The van der Waals surface area contributed by atoms with Crippen molar-refractivity contribution in [3.8, 4) is 0 Å². The van der Waals surface area contributed by atoms with Crippen molar-refractivity contribution in [3.05, 3.63) is 76.3 Å². The molecule has 1 atom stereocenters. The summed E-state index contributed by atoms with van der Waals surface area (Å²) in [7, 11) is 9.93. The summed E-state index contributed by atoms with van der Waals surface area (Å²) >= 11 is 6.32. The molecule has 28 heavy (non-hydrogen) atoms. The van der Waals surface area contributed by atoms with Gasteiger partial charge in [0.15, 0.2) is 0 Å². The van der Waals surface area contributed by atoms with Gasteiger partial charge in [0.1, 0.15) is 13.7 Å². The second kappa shape index (κ2) is 7.32. The van der Waals surface area contributed by atoms with E-state index in [9.17, 15) is 8.78 Å². The maximum Gasteiger partial charge on any atom is 0.123 e. The lowest BCUT2D eigenvalue weighted by atomic mass is 9.67. The fourth-order valence-corrected chi connectivity index (χ4v) is 3.81. The highest BCUT2D eigenvalue weighted by molar-refractivity contribution is 6.33. The van der Waals surface area contributed by atoms with Crippen LogP contribution in [0.1, 0.15) is 22.3 Å². The molecule has 0 saturated carbocycles. The number of halogens is 3. The number of rotatable bonds is 4. The number of fused-ring (bicyclic) bond motifs is 1. The predicted octanol–water partition coefficient (Wildman–Crippen LogP) is 3.95. The van der Waals surface area contributed by atoms with Crippen LogP contribution in [0.2, 0.25) is 5.02 Å². The minimum absolute atomic E-state index is 0.290. The van der Waals surface area contributed by atoms with Crippen LogP contribution in [0.5, 0.6) is 0 Å². The van der Waals surface area contributed by atoms with Gasteiger partial charge in [0.2, 0.25) is 0 Å². The number of nitrogens with two attached hydrogens (primary N) is 1. The van der Waals surface area contributed by atoms with E-state index in [1.54, 1.807) is 13.1 Å². The third-order valence-electron chi connectivity index (χ3n) is 4.77. The van der Waals surface area contributed by atoms with Gasteiger partial charge in [0.25, 0.3) is 0 Å². The predicted molar refractivity (Wildman–Crippen MR) is 113 cm³/mol. The van der Waals surface area contributed by atoms with E-state index in [0.717, 1.165) is 0 Å². The van der Waals surface area contributed by atoms with Crippen LogP contribution < -0.4 is 16.4 Å². The van der Waals surface area contributed by atoms with Crippen LogP contribution in [0, 0.1) is 5.82 Å². The Bertz CT molecular complexity index is 1040. The first-order chi connectivity index (χ1) is 13.3. The molecule has 2 aromatic carbocycles. The largest absolute Gasteiger partial charge is 0.398 e. The van der Waals surface area contributed by atoms with E-state index in [0.29, 0.717) is 51.4 Å².